The second kappa shape index (κ2) is 3.37. The summed E-state index contributed by atoms with van der Waals surface area (Å²) in [6.45, 7) is 1.38. The van der Waals surface area contributed by atoms with Gasteiger partial charge in [-0.05, 0) is 13.0 Å². The normalized spacial score (nSPS) is 13.1. The molecule has 12 heavy (non-hydrogen) atoms. The molecular formula is C8H7ClF2O. The maximum absolute atomic E-state index is 12.8. The van der Waals surface area contributed by atoms with Gasteiger partial charge in [0.05, 0.1) is 11.1 Å². The molecule has 0 aromatic heterocycles. The second-order valence-electron chi connectivity index (χ2n) is 2.46. The zero-order chi connectivity index (χ0) is 9.30. The standard InChI is InChI=1S/C8H7ClF2O/c1-4(12)5-2-6(9)8(11)3-7(5)10/h2-4,12H,1H3. The van der Waals surface area contributed by atoms with E-state index in [-0.39, 0.29) is 10.6 Å². The summed E-state index contributed by atoms with van der Waals surface area (Å²) in [4.78, 5) is 0. The van der Waals surface area contributed by atoms with Gasteiger partial charge in [-0.1, -0.05) is 11.6 Å². The summed E-state index contributed by atoms with van der Waals surface area (Å²) in [6.07, 6.45) is -0.983. The van der Waals surface area contributed by atoms with Gasteiger partial charge in [0.2, 0.25) is 0 Å². The number of benzene rings is 1. The topological polar surface area (TPSA) is 20.2 Å². The van der Waals surface area contributed by atoms with Crippen molar-refractivity contribution in [3.8, 4) is 0 Å². The molecule has 1 nitrogen and oxygen atoms in total. The minimum Gasteiger partial charge on any atom is -0.389 e. The van der Waals surface area contributed by atoms with Crippen molar-refractivity contribution in [3.63, 3.8) is 0 Å². The van der Waals surface area contributed by atoms with Crippen molar-refractivity contribution >= 4 is 11.6 Å². The lowest BCUT2D eigenvalue weighted by Crippen LogP contribution is -1.96. The van der Waals surface area contributed by atoms with Crippen molar-refractivity contribution in [3.05, 3.63) is 34.4 Å². The van der Waals surface area contributed by atoms with Crippen LogP contribution in [0.2, 0.25) is 5.02 Å². The largest absolute Gasteiger partial charge is 0.389 e. The minimum atomic E-state index is -0.983. The minimum absolute atomic E-state index is 0.00130. The molecule has 0 heterocycles. The molecule has 4 heteroatoms. The third-order valence-electron chi connectivity index (χ3n) is 1.49. The molecule has 0 aliphatic carbocycles. The highest BCUT2D eigenvalue weighted by Crippen LogP contribution is 2.23. The lowest BCUT2D eigenvalue weighted by molar-refractivity contribution is 0.194. The van der Waals surface area contributed by atoms with Crippen molar-refractivity contribution in [1.82, 2.24) is 0 Å². The molecule has 1 aromatic rings. The van der Waals surface area contributed by atoms with E-state index in [0.29, 0.717) is 6.07 Å². The summed E-state index contributed by atoms with van der Waals surface area (Å²) in [7, 11) is 0. The quantitative estimate of drug-likeness (QED) is 0.679. The van der Waals surface area contributed by atoms with E-state index in [1.807, 2.05) is 0 Å². The van der Waals surface area contributed by atoms with Gasteiger partial charge in [-0.2, -0.15) is 0 Å². The first-order valence-corrected chi connectivity index (χ1v) is 3.72. The first kappa shape index (κ1) is 9.42. The van der Waals surface area contributed by atoms with Gasteiger partial charge in [0.15, 0.2) is 0 Å². The molecule has 0 amide bonds. The van der Waals surface area contributed by atoms with Crippen LogP contribution >= 0.6 is 11.6 Å². The molecule has 66 valence electrons. The van der Waals surface area contributed by atoms with E-state index in [1.54, 1.807) is 0 Å². The van der Waals surface area contributed by atoms with E-state index < -0.39 is 17.7 Å². The van der Waals surface area contributed by atoms with Crippen LogP contribution in [0.3, 0.4) is 0 Å². The molecule has 0 spiro atoms. The Bertz CT molecular complexity index is 299. The molecule has 1 atom stereocenters. The molecule has 0 bridgehead atoms. The van der Waals surface area contributed by atoms with Crippen molar-refractivity contribution in [2.24, 2.45) is 0 Å². The molecular weight excluding hydrogens is 186 g/mol. The van der Waals surface area contributed by atoms with Crippen molar-refractivity contribution in [2.75, 3.05) is 0 Å². The molecule has 0 radical (unpaired) electrons. The van der Waals surface area contributed by atoms with Crippen LogP contribution in [-0.2, 0) is 0 Å². The fourth-order valence-corrected chi connectivity index (χ4v) is 1.03. The number of halogens is 3. The first-order valence-electron chi connectivity index (χ1n) is 3.35. The number of hydrogen-bond donors (Lipinski definition) is 1. The van der Waals surface area contributed by atoms with E-state index in [0.717, 1.165) is 6.07 Å². The van der Waals surface area contributed by atoms with E-state index in [1.165, 1.54) is 6.92 Å². The predicted molar refractivity (Wildman–Crippen MR) is 42.0 cm³/mol. The SMILES string of the molecule is CC(O)c1cc(Cl)c(F)cc1F. The smallest absolute Gasteiger partial charge is 0.144 e. The van der Waals surface area contributed by atoms with Crippen LogP contribution in [0.15, 0.2) is 12.1 Å². The van der Waals surface area contributed by atoms with Gasteiger partial charge < -0.3 is 5.11 Å². The van der Waals surface area contributed by atoms with Crippen molar-refractivity contribution < 1.29 is 13.9 Å². The summed E-state index contributed by atoms with van der Waals surface area (Å²) >= 11 is 5.38. The van der Waals surface area contributed by atoms with Crippen LogP contribution in [0.25, 0.3) is 0 Å². The average Bonchev–Trinajstić information content (AvgIpc) is 1.96. The summed E-state index contributed by atoms with van der Waals surface area (Å²) in [6, 6.07) is 1.74. The van der Waals surface area contributed by atoms with Gasteiger partial charge in [0.25, 0.3) is 0 Å². The summed E-state index contributed by atoms with van der Waals surface area (Å²) in [5, 5.41) is 8.81. The van der Waals surface area contributed by atoms with E-state index in [4.69, 9.17) is 16.7 Å². The number of aliphatic hydroxyl groups excluding tert-OH is 1. The Balaban J connectivity index is 3.23. The second-order valence-corrected chi connectivity index (χ2v) is 2.87. The van der Waals surface area contributed by atoms with Crippen LogP contribution < -0.4 is 0 Å². The molecule has 0 fully saturated rings. The van der Waals surface area contributed by atoms with Crippen LogP contribution in [0.5, 0.6) is 0 Å². The molecule has 1 unspecified atom stereocenters. The van der Waals surface area contributed by atoms with E-state index in [9.17, 15) is 8.78 Å². The maximum Gasteiger partial charge on any atom is 0.144 e. The Hall–Kier alpha value is -0.670. The lowest BCUT2D eigenvalue weighted by atomic mass is 10.1. The summed E-state index contributed by atoms with van der Waals surface area (Å²) in [5.74, 6) is -1.61. The van der Waals surface area contributed by atoms with Gasteiger partial charge >= 0.3 is 0 Å². The Morgan fingerprint density at radius 3 is 2.42 bits per heavy atom. The van der Waals surface area contributed by atoms with Gasteiger partial charge in [0, 0.05) is 11.6 Å². The highest BCUT2D eigenvalue weighted by atomic mass is 35.5. The summed E-state index contributed by atoms with van der Waals surface area (Å²) in [5.41, 5.74) is 0.00130. The van der Waals surface area contributed by atoms with Gasteiger partial charge in [-0.25, -0.2) is 8.78 Å². The van der Waals surface area contributed by atoms with Gasteiger partial charge in [-0.3, -0.25) is 0 Å². The first-order chi connectivity index (χ1) is 5.52. The third-order valence-corrected chi connectivity index (χ3v) is 1.78. The zero-order valence-electron chi connectivity index (χ0n) is 6.31. The van der Waals surface area contributed by atoms with E-state index >= 15 is 0 Å². The fourth-order valence-electron chi connectivity index (χ4n) is 0.858. The highest BCUT2D eigenvalue weighted by molar-refractivity contribution is 6.30. The van der Waals surface area contributed by atoms with Crippen LogP contribution in [0.1, 0.15) is 18.6 Å². The van der Waals surface area contributed by atoms with Crippen LogP contribution in [0, 0.1) is 11.6 Å². The number of rotatable bonds is 1. The Kier molecular flexibility index (Phi) is 2.65. The van der Waals surface area contributed by atoms with Crippen LogP contribution in [-0.4, -0.2) is 5.11 Å². The average molecular weight is 193 g/mol. The number of aliphatic hydroxyl groups is 1. The maximum atomic E-state index is 12.8. The monoisotopic (exact) mass is 192 g/mol. The fraction of sp³-hybridized carbons (Fsp3) is 0.250. The van der Waals surface area contributed by atoms with E-state index in [2.05, 4.69) is 0 Å². The van der Waals surface area contributed by atoms with Crippen molar-refractivity contribution in [1.29, 1.82) is 0 Å². The Morgan fingerprint density at radius 2 is 1.92 bits per heavy atom. The molecule has 0 saturated heterocycles. The molecule has 0 saturated carbocycles. The molecule has 1 rings (SSSR count). The lowest BCUT2D eigenvalue weighted by Gasteiger charge is -2.06. The summed E-state index contributed by atoms with van der Waals surface area (Å²) < 4.78 is 25.4. The highest BCUT2D eigenvalue weighted by Gasteiger charge is 2.11. The molecule has 1 aromatic carbocycles. The van der Waals surface area contributed by atoms with Gasteiger partial charge in [-0.15, -0.1) is 0 Å². The molecule has 0 aliphatic heterocycles. The zero-order valence-corrected chi connectivity index (χ0v) is 7.07. The molecule has 0 aliphatic rings. The third kappa shape index (κ3) is 1.73. The Labute approximate surface area is 73.6 Å². The van der Waals surface area contributed by atoms with Crippen molar-refractivity contribution in [2.45, 2.75) is 13.0 Å². The molecule has 1 N–H and O–H groups in total. The van der Waals surface area contributed by atoms with Gasteiger partial charge in [0.1, 0.15) is 11.6 Å². The number of hydrogen-bond acceptors (Lipinski definition) is 1. The Morgan fingerprint density at radius 1 is 1.33 bits per heavy atom. The van der Waals surface area contributed by atoms with Crippen LogP contribution in [0.4, 0.5) is 8.78 Å². The predicted octanol–water partition coefficient (Wildman–Crippen LogP) is 2.67.